The highest BCUT2D eigenvalue weighted by molar-refractivity contribution is 6.06. The number of aromatic nitrogens is 1. The van der Waals surface area contributed by atoms with E-state index in [1.807, 2.05) is 32.0 Å². The summed E-state index contributed by atoms with van der Waals surface area (Å²) in [5.41, 5.74) is 3.75. The van der Waals surface area contributed by atoms with E-state index in [2.05, 4.69) is 4.98 Å². The van der Waals surface area contributed by atoms with Crippen molar-refractivity contribution in [2.24, 2.45) is 0 Å². The van der Waals surface area contributed by atoms with E-state index in [0.717, 1.165) is 22.2 Å². The van der Waals surface area contributed by atoms with Crippen molar-refractivity contribution in [3.05, 3.63) is 76.7 Å². The summed E-state index contributed by atoms with van der Waals surface area (Å²) < 4.78 is 13.8. The molecule has 3 rings (SSSR count). The maximum atomic E-state index is 13.8. The first kappa shape index (κ1) is 16.1. The number of carbonyl (C=O) groups excluding carboxylic acids is 1. The van der Waals surface area contributed by atoms with E-state index in [-0.39, 0.29) is 18.3 Å². The first-order valence-electron chi connectivity index (χ1n) is 7.82. The van der Waals surface area contributed by atoms with Crippen LogP contribution < -0.4 is 0 Å². The van der Waals surface area contributed by atoms with Gasteiger partial charge in [0.1, 0.15) is 5.82 Å². The first-order valence-corrected chi connectivity index (χ1v) is 7.82. The molecular weight excluding hydrogens is 303 g/mol. The number of amides is 1. The van der Waals surface area contributed by atoms with Crippen LogP contribution in [0.1, 0.15) is 27.2 Å². The van der Waals surface area contributed by atoms with Crippen molar-refractivity contribution in [3.63, 3.8) is 0 Å². The molecule has 0 N–H and O–H groups in total. The molecule has 3 nitrogen and oxygen atoms in total. The van der Waals surface area contributed by atoms with E-state index in [0.29, 0.717) is 11.1 Å². The zero-order valence-electron chi connectivity index (χ0n) is 14.0. The highest BCUT2D eigenvalue weighted by atomic mass is 19.1. The van der Waals surface area contributed by atoms with Gasteiger partial charge in [0, 0.05) is 30.2 Å². The fourth-order valence-electron chi connectivity index (χ4n) is 2.81. The van der Waals surface area contributed by atoms with Crippen LogP contribution in [0.15, 0.2) is 48.5 Å². The van der Waals surface area contributed by atoms with Crippen molar-refractivity contribution in [3.8, 4) is 0 Å². The third-order valence-electron chi connectivity index (χ3n) is 4.03. The summed E-state index contributed by atoms with van der Waals surface area (Å²) in [6.45, 7) is 4.07. The van der Waals surface area contributed by atoms with Crippen molar-refractivity contribution < 1.29 is 9.18 Å². The Balaban J connectivity index is 1.99. The van der Waals surface area contributed by atoms with Crippen LogP contribution in [0.2, 0.25) is 0 Å². The molecule has 0 radical (unpaired) electrons. The Morgan fingerprint density at radius 3 is 2.62 bits per heavy atom. The van der Waals surface area contributed by atoms with Gasteiger partial charge in [-0.25, -0.2) is 4.39 Å². The topological polar surface area (TPSA) is 33.2 Å². The smallest absolute Gasteiger partial charge is 0.254 e. The zero-order chi connectivity index (χ0) is 17.3. The van der Waals surface area contributed by atoms with Crippen LogP contribution in [0.25, 0.3) is 10.9 Å². The van der Waals surface area contributed by atoms with Gasteiger partial charge in [-0.15, -0.1) is 0 Å². The standard InChI is InChI=1S/C20H19FN2O/c1-13-8-9-19-16(10-13)17(11-14(2)22-19)20(24)23(3)12-15-6-4-5-7-18(15)21/h4-11H,12H2,1-3H3. The lowest BCUT2D eigenvalue weighted by atomic mass is 10.0. The molecule has 24 heavy (non-hydrogen) atoms. The van der Waals surface area contributed by atoms with Crippen molar-refractivity contribution in [2.45, 2.75) is 20.4 Å². The lowest BCUT2D eigenvalue weighted by molar-refractivity contribution is 0.0785. The first-order chi connectivity index (χ1) is 11.5. The molecule has 1 amide bonds. The Morgan fingerprint density at radius 1 is 1.12 bits per heavy atom. The van der Waals surface area contributed by atoms with Gasteiger partial charge in [-0.3, -0.25) is 9.78 Å². The van der Waals surface area contributed by atoms with Gasteiger partial charge >= 0.3 is 0 Å². The van der Waals surface area contributed by atoms with Gasteiger partial charge < -0.3 is 4.90 Å². The Morgan fingerprint density at radius 2 is 1.88 bits per heavy atom. The molecular formula is C20H19FN2O. The number of hydrogen-bond acceptors (Lipinski definition) is 2. The fourth-order valence-corrected chi connectivity index (χ4v) is 2.81. The van der Waals surface area contributed by atoms with E-state index in [1.165, 1.54) is 11.0 Å². The number of benzene rings is 2. The van der Waals surface area contributed by atoms with Crippen LogP contribution in [0.5, 0.6) is 0 Å². The minimum Gasteiger partial charge on any atom is -0.337 e. The molecule has 2 aromatic carbocycles. The van der Waals surface area contributed by atoms with E-state index in [4.69, 9.17) is 0 Å². The second-order valence-electron chi connectivity index (χ2n) is 6.08. The Bertz CT molecular complexity index is 921. The van der Waals surface area contributed by atoms with Crippen molar-refractivity contribution in [2.75, 3.05) is 7.05 Å². The van der Waals surface area contributed by atoms with Crippen LogP contribution in [0.4, 0.5) is 4.39 Å². The number of hydrogen-bond donors (Lipinski definition) is 0. The van der Waals surface area contributed by atoms with Crippen molar-refractivity contribution in [1.29, 1.82) is 0 Å². The molecule has 4 heteroatoms. The lowest BCUT2D eigenvalue weighted by Gasteiger charge is -2.19. The molecule has 0 bridgehead atoms. The quantitative estimate of drug-likeness (QED) is 0.722. The van der Waals surface area contributed by atoms with Gasteiger partial charge in [0.05, 0.1) is 11.1 Å². The summed E-state index contributed by atoms with van der Waals surface area (Å²) in [6.07, 6.45) is 0. The lowest BCUT2D eigenvalue weighted by Crippen LogP contribution is -2.27. The van der Waals surface area contributed by atoms with E-state index in [1.54, 1.807) is 31.3 Å². The normalized spacial score (nSPS) is 10.8. The number of halogens is 1. The van der Waals surface area contributed by atoms with Crippen molar-refractivity contribution in [1.82, 2.24) is 9.88 Å². The summed E-state index contributed by atoms with van der Waals surface area (Å²) in [5.74, 6) is -0.442. The summed E-state index contributed by atoms with van der Waals surface area (Å²) in [4.78, 5) is 18.9. The number of carbonyl (C=O) groups is 1. The molecule has 0 atom stereocenters. The molecule has 0 saturated heterocycles. The molecule has 1 aromatic heterocycles. The largest absolute Gasteiger partial charge is 0.337 e. The number of rotatable bonds is 3. The number of pyridine rings is 1. The molecule has 0 saturated carbocycles. The van der Waals surface area contributed by atoms with Gasteiger partial charge in [0.2, 0.25) is 0 Å². The summed E-state index contributed by atoms with van der Waals surface area (Å²) in [5, 5.41) is 0.825. The van der Waals surface area contributed by atoms with Crippen LogP contribution >= 0.6 is 0 Å². The number of aryl methyl sites for hydroxylation is 2. The van der Waals surface area contributed by atoms with Crippen LogP contribution in [0.3, 0.4) is 0 Å². The zero-order valence-corrected chi connectivity index (χ0v) is 14.0. The van der Waals surface area contributed by atoms with Gasteiger partial charge in [-0.2, -0.15) is 0 Å². The minimum atomic E-state index is -0.302. The molecule has 0 aliphatic carbocycles. The Kier molecular flexibility index (Phi) is 4.30. The van der Waals surface area contributed by atoms with Crippen LogP contribution in [-0.4, -0.2) is 22.8 Å². The number of nitrogens with zero attached hydrogens (tertiary/aromatic N) is 2. The van der Waals surface area contributed by atoms with Crippen molar-refractivity contribution >= 4 is 16.8 Å². The predicted molar refractivity (Wildman–Crippen MR) is 93.4 cm³/mol. The highest BCUT2D eigenvalue weighted by Crippen LogP contribution is 2.22. The maximum Gasteiger partial charge on any atom is 0.254 e. The van der Waals surface area contributed by atoms with Crippen LogP contribution in [-0.2, 0) is 6.54 Å². The highest BCUT2D eigenvalue weighted by Gasteiger charge is 2.17. The third-order valence-corrected chi connectivity index (χ3v) is 4.03. The molecule has 122 valence electrons. The van der Waals surface area contributed by atoms with Gasteiger partial charge in [0.15, 0.2) is 0 Å². The summed E-state index contributed by atoms with van der Waals surface area (Å²) in [6, 6.07) is 14.2. The average Bonchev–Trinajstić information content (AvgIpc) is 2.56. The average molecular weight is 322 g/mol. The molecule has 3 aromatic rings. The molecule has 0 aliphatic rings. The Hall–Kier alpha value is -2.75. The van der Waals surface area contributed by atoms with Gasteiger partial charge in [0.25, 0.3) is 5.91 Å². The van der Waals surface area contributed by atoms with E-state index >= 15 is 0 Å². The van der Waals surface area contributed by atoms with Gasteiger partial charge in [-0.1, -0.05) is 29.8 Å². The monoisotopic (exact) mass is 322 g/mol. The second kappa shape index (κ2) is 6.40. The second-order valence-corrected chi connectivity index (χ2v) is 6.08. The van der Waals surface area contributed by atoms with Crippen LogP contribution in [0, 0.1) is 19.7 Å². The maximum absolute atomic E-state index is 13.8. The minimum absolute atomic E-state index is 0.139. The molecule has 0 spiro atoms. The Labute approximate surface area is 140 Å². The predicted octanol–water partition coefficient (Wildman–Crippen LogP) is 4.26. The third kappa shape index (κ3) is 3.13. The van der Waals surface area contributed by atoms with E-state index in [9.17, 15) is 9.18 Å². The SMILES string of the molecule is Cc1ccc2nc(C)cc(C(=O)N(C)Cc3ccccc3F)c2c1. The number of fused-ring (bicyclic) bond motifs is 1. The molecule has 1 heterocycles. The van der Waals surface area contributed by atoms with Gasteiger partial charge in [-0.05, 0) is 38.1 Å². The summed E-state index contributed by atoms with van der Waals surface area (Å²) in [7, 11) is 1.69. The molecule has 0 fully saturated rings. The summed E-state index contributed by atoms with van der Waals surface area (Å²) >= 11 is 0. The fraction of sp³-hybridized carbons (Fsp3) is 0.200. The molecule has 0 unspecified atom stereocenters. The molecule has 0 aliphatic heterocycles. The van der Waals surface area contributed by atoms with E-state index < -0.39 is 0 Å².